The Balaban J connectivity index is 2.10. The summed E-state index contributed by atoms with van der Waals surface area (Å²) in [6.07, 6.45) is 4.11. The molecule has 0 fully saturated rings. The summed E-state index contributed by atoms with van der Waals surface area (Å²) in [7, 11) is 0. The van der Waals surface area contributed by atoms with E-state index in [0.29, 0.717) is 6.54 Å². The maximum absolute atomic E-state index is 5.53. The summed E-state index contributed by atoms with van der Waals surface area (Å²) < 4.78 is 2.11. The van der Waals surface area contributed by atoms with E-state index in [1.165, 1.54) is 5.56 Å². The zero-order valence-electron chi connectivity index (χ0n) is 8.10. The van der Waals surface area contributed by atoms with E-state index in [1.54, 1.807) is 11.3 Å². The highest BCUT2D eigenvalue weighted by Crippen LogP contribution is 2.11. The molecule has 14 heavy (non-hydrogen) atoms. The van der Waals surface area contributed by atoms with Crippen LogP contribution in [-0.2, 0) is 13.1 Å². The number of aromatic nitrogens is 2. The van der Waals surface area contributed by atoms with Crippen molar-refractivity contribution in [3.8, 4) is 0 Å². The first-order valence-corrected chi connectivity index (χ1v) is 5.41. The number of nitrogens with two attached hydrogens (primary N) is 1. The minimum atomic E-state index is 0.601. The van der Waals surface area contributed by atoms with Crippen LogP contribution in [0.25, 0.3) is 0 Å². The van der Waals surface area contributed by atoms with E-state index < -0.39 is 0 Å². The maximum atomic E-state index is 5.53. The van der Waals surface area contributed by atoms with Gasteiger partial charge in [0.2, 0.25) is 0 Å². The molecule has 74 valence electrons. The van der Waals surface area contributed by atoms with E-state index in [9.17, 15) is 0 Å². The minimum absolute atomic E-state index is 0.601. The molecular formula is C10H13N3S. The Hall–Kier alpha value is -1.13. The lowest BCUT2D eigenvalue weighted by Gasteiger charge is -1.97. The second-order valence-corrected chi connectivity index (χ2v) is 4.22. The van der Waals surface area contributed by atoms with Crippen molar-refractivity contribution in [2.75, 3.05) is 0 Å². The predicted octanol–water partition coefficient (Wildman–Crippen LogP) is 1.76. The standard InChI is InChI=1S/C10H13N3S/c1-8-7-14-10(12-8)6-13-3-2-9(4-11)5-13/h2-3,5,7H,4,6,11H2,1H3. The van der Waals surface area contributed by atoms with Crippen molar-refractivity contribution >= 4 is 11.3 Å². The molecule has 2 rings (SSSR count). The van der Waals surface area contributed by atoms with E-state index in [-0.39, 0.29) is 0 Å². The van der Waals surface area contributed by atoms with Crippen molar-refractivity contribution in [2.45, 2.75) is 20.0 Å². The summed E-state index contributed by atoms with van der Waals surface area (Å²) in [5, 5.41) is 3.21. The highest BCUT2D eigenvalue weighted by molar-refractivity contribution is 7.09. The van der Waals surface area contributed by atoms with Crippen molar-refractivity contribution in [1.82, 2.24) is 9.55 Å². The predicted molar refractivity (Wildman–Crippen MR) is 58.3 cm³/mol. The fourth-order valence-corrected chi connectivity index (χ4v) is 2.12. The SMILES string of the molecule is Cc1csc(Cn2ccc(CN)c2)n1. The van der Waals surface area contributed by atoms with Crippen molar-refractivity contribution in [3.63, 3.8) is 0 Å². The van der Waals surface area contributed by atoms with Crippen molar-refractivity contribution < 1.29 is 0 Å². The summed E-state index contributed by atoms with van der Waals surface area (Å²) in [4.78, 5) is 4.41. The van der Waals surface area contributed by atoms with E-state index in [2.05, 4.69) is 21.1 Å². The molecule has 2 heterocycles. The number of hydrogen-bond acceptors (Lipinski definition) is 3. The molecule has 2 N–H and O–H groups in total. The summed E-state index contributed by atoms with van der Waals surface area (Å²) in [5.74, 6) is 0. The summed E-state index contributed by atoms with van der Waals surface area (Å²) in [6, 6.07) is 2.04. The molecule has 0 saturated heterocycles. The van der Waals surface area contributed by atoms with Crippen LogP contribution in [0.1, 0.15) is 16.3 Å². The summed E-state index contributed by atoms with van der Waals surface area (Å²) >= 11 is 1.70. The Labute approximate surface area is 87.2 Å². The monoisotopic (exact) mass is 207 g/mol. The van der Waals surface area contributed by atoms with Gasteiger partial charge in [-0.3, -0.25) is 0 Å². The first kappa shape index (κ1) is 9.43. The fourth-order valence-electron chi connectivity index (χ4n) is 1.34. The Kier molecular flexibility index (Phi) is 2.65. The lowest BCUT2D eigenvalue weighted by molar-refractivity contribution is 0.792. The normalized spacial score (nSPS) is 10.7. The molecule has 0 radical (unpaired) electrons. The van der Waals surface area contributed by atoms with Gasteiger partial charge in [-0.15, -0.1) is 11.3 Å². The lowest BCUT2D eigenvalue weighted by Crippen LogP contribution is -1.97. The van der Waals surface area contributed by atoms with Crippen LogP contribution in [0.15, 0.2) is 23.8 Å². The van der Waals surface area contributed by atoms with Gasteiger partial charge in [-0.25, -0.2) is 4.98 Å². The third-order valence-electron chi connectivity index (χ3n) is 2.03. The van der Waals surface area contributed by atoms with Gasteiger partial charge in [-0.1, -0.05) is 0 Å². The highest BCUT2D eigenvalue weighted by atomic mass is 32.1. The smallest absolute Gasteiger partial charge is 0.113 e. The minimum Gasteiger partial charge on any atom is -0.347 e. The third kappa shape index (κ3) is 2.02. The number of nitrogens with zero attached hydrogens (tertiary/aromatic N) is 2. The number of rotatable bonds is 3. The molecule has 0 aliphatic carbocycles. The Morgan fingerprint density at radius 1 is 1.57 bits per heavy atom. The largest absolute Gasteiger partial charge is 0.347 e. The van der Waals surface area contributed by atoms with Crippen LogP contribution in [0.2, 0.25) is 0 Å². The Morgan fingerprint density at radius 2 is 2.43 bits per heavy atom. The van der Waals surface area contributed by atoms with Crippen LogP contribution in [0.3, 0.4) is 0 Å². The summed E-state index contributed by atoms with van der Waals surface area (Å²) in [6.45, 7) is 3.46. The topological polar surface area (TPSA) is 43.8 Å². The molecule has 0 unspecified atom stereocenters. The van der Waals surface area contributed by atoms with E-state index >= 15 is 0 Å². The average Bonchev–Trinajstić information content (AvgIpc) is 2.76. The number of hydrogen-bond donors (Lipinski definition) is 1. The maximum Gasteiger partial charge on any atom is 0.113 e. The van der Waals surface area contributed by atoms with Crippen LogP contribution in [0, 0.1) is 6.92 Å². The van der Waals surface area contributed by atoms with Gasteiger partial charge in [-0.2, -0.15) is 0 Å². The first-order chi connectivity index (χ1) is 6.78. The first-order valence-electron chi connectivity index (χ1n) is 4.53. The second-order valence-electron chi connectivity index (χ2n) is 3.28. The van der Waals surface area contributed by atoms with Gasteiger partial charge in [0.25, 0.3) is 0 Å². The zero-order chi connectivity index (χ0) is 9.97. The molecule has 0 bridgehead atoms. The van der Waals surface area contributed by atoms with Crippen LogP contribution >= 0.6 is 11.3 Å². The molecule has 0 saturated carbocycles. The second kappa shape index (κ2) is 3.94. The quantitative estimate of drug-likeness (QED) is 0.833. The molecule has 0 aromatic carbocycles. The molecule has 2 aromatic heterocycles. The molecule has 0 spiro atoms. The van der Waals surface area contributed by atoms with Crippen LogP contribution in [0.4, 0.5) is 0 Å². The van der Waals surface area contributed by atoms with Crippen LogP contribution in [0.5, 0.6) is 0 Å². The van der Waals surface area contributed by atoms with E-state index in [0.717, 1.165) is 17.2 Å². The number of thiazole rings is 1. The summed E-state index contributed by atoms with van der Waals surface area (Å²) in [5.41, 5.74) is 7.79. The molecule has 0 aliphatic heterocycles. The Bertz CT molecular complexity index is 416. The molecule has 3 nitrogen and oxygen atoms in total. The zero-order valence-corrected chi connectivity index (χ0v) is 8.92. The Morgan fingerprint density at radius 3 is 3.00 bits per heavy atom. The molecule has 0 aliphatic rings. The van der Waals surface area contributed by atoms with Gasteiger partial charge in [0.1, 0.15) is 5.01 Å². The lowest BCUT2D eigenvalue weighted by atomic mass is 10.3. The van der Waals surface area contributed by atoms with Crippen LogP contribution in [-0.4, -0.2) is 9.55 Å². The van der Waals surface area contributed by atoms with Gasteiger partial charge in [0.05, 0.1) is 6.54 Å². The van der Waals surface area contributed by atoms with Crippen molar-refractivity contribution in [2.24, 2.45) is 5.73 Å². The molecule has 4 heteroatoms. The molecule has 2 aromatic rings. The highest BCUT2D eigenvalue weighted by Gasteiger charge is 2.00. The van der Waals surface area contributed by atoms with Crippen LogP contribution < -0.4 is 5.73 Å². The van der Waals surface area contributed by atoms with Gasteiger partial charge in [-0.05, 0) is 18.6 Å². The van der Waals surface area contributed by atoms with Crippen molar-refractivity contribution in [3.05, 3.63) is 40.1 Å². The molecular weight excluding hydrogens is 194 g/mol. The van der Waals surface area contributed by atoms with Crippen molar-refractivity contribution in [1.29, 1.82) is 0 Å². The van der Waals surface area contributed by atoms with E-state index in [4.69, 9.17) is 5.73 Å². The average molecular weight is 207 g/mol. The van der Waals surface area contributed by atoms with E-state index in [1.807, 2.05) is 19.2 Å². The van der Waals surface area contributed by atoms with Gasteiger partial charge < -0.3 is 10.3 Å². The fraction of sp³-hybridized carbons (Fsp3) is 0.300. The molecule has 0 atom stereocenters. The van der Waals surface area contributed by atoms with Gasteiger partial charge >= 0.3 is 0 Å². The number of aryl methyl sites for hydroxylation is 1. The molecule has 0 amide bonds. The third-order valence-corrected chi connectivity index (χ3v) is 2.98. The van der Waals surface area contributed by atoms with Gasteiger partial charge in [0, 0.05) is 30.0 Å². The van der Waals surface area contributed by atoms with Gasteiger partial charge in [0.15, 0.2) is 0 Å².